The number of fused-ring (bicyclic) bond motifs is 1. The van der Waals surface area contributed by atoms with Gasteiger partial charge in [-0.25, -0.2) is 18.8 Å². The van der Waals surface area contributed by atoms with E-state index >= 15 is 0 Å². The number of nitrogens with one attached hydrogen (secondary N) is 4. The number of hydrogen-bond acceptors (Lipinski definition) is 10. The van der Waals surface area contributed by atoms with Gasteiger partial charge in [-0.1, -0.05) is 43.9 Å². The van der Waals surface area contributed by atoms with Crippen LogP contribution in [0.3, 0.4) is 0 Å². The minimum Gasteiger partial charge on any atom is -0.465 e. The Kier molecular flexibility index (Phi) is 16.7. The molecule has 1 aromatic heterocycles. The smallest absolute Gasteiger partial charge is 0.411 e. The van der Waals surface area contributed by atoms with Gasteiger partial charge in [-0.15, -0.1) is 0 Å². The first kappa shape index (κ1) is 49.9. The largest absolute Gasteiger partial charge is 0.465 e. The maximum atomic E-state index is 14.9. The van der Waals surface area contributed by atoms with Crippen LogP contribution in [-0.2, 0) is 41.7 Å². The highest BCUT2D eigenvalue weighted by atomic mass is 28.3. The average molecular weight is 916 g/mol. The van der Waals surface area contributed by atoms with Crippen molar-refractivity contribution in [3.05, 3.63) is 93.5 Å². The number of rotatable bonds is 16. The van der Waals surface area contributed by atoms with Crippen LogP contribution in [0.1, 0.15) is 67.9 Å². The number of amides is 4. The molecule has 3 aromatic carbocycles. The Morgan fingerprint density at radius 3 is 2.20 bits per heavy atom. The second-order valence-electron chi connectivity index (χ2n) is 18.7. The molecule has 4 aromatic rings. The van der Waals surface area contributed by atoms with Crippen LogP contribution in [0.4, 0.5) is 25.4 Å². The van der Waals surface area contributed by atoms with E-state index < -0.39 is 55.0 Å². The summed E-state index contributed by atoms with van der Waals surface area (Å²) in [7, 11) is 1.01. The monoisotopic (exact) mass is 915 g/mol. The minimum absolute atomic E-state index is 0.0889. The number of benzene rings is 3. The van der Waals surface area contributed by atoms with Crippen molar-refractivity contribution in [3.8, 4) is 11.1 Å². The molecule has 1 fully saturated rings. The molecular weight excluding hydrogens is 854 g/mol. The van der Waals surface area contributed by atoms with E-state index in [1.807, 2.05) is 37.3 Å². The molecule has 0 bridgehead atoms. The summed E-state index contributed by atoms with van der Waals surface area (Å²) in [6.45, 7) is 15.1. The van der Waals surface area contributed by atoms with E-state index in [1.54, 1.807) is 31.4 Å². The van der Waals surface area contributed by atoms with Crippen molar-refractivity contribution in [1.29, 1.82) is 0 Å². The van der Waals surface area contributed by atoms with Gasteiger partial charge in [0.05, 0.1) is 25.4 Å². The summed E-state index contributed by atoms with van der Waals surface area (Å²) in [5.74, 6) is -2.60. The lowest BCUT2D eigenvalue weighted by Gasteiger charge is -2.29. The zero-order valence-electron chi connectivity index (χ0n) is 38.8. The zero-order valence-corrected chi connectivity index (χ0v) is 39.8. The first-order valence-corrected chi connectivity index (χ1v) is 25.5. The molecule has 0 saturated heterocycles. The SMILES string of the molecule is COC(=O)Nc1ccc(NC(=O)[C@H](Cc2ccc(-c3cc4c(cc3C)c(=O)c(C(=O)OC)cn4COCC[Si](C)(C)C)cc2)NC(=O)[C@H]2CC[C@H](CNC(=O)OC(C)(C)C)CC2)cc1F. The quantitative estimate of drug-likeness (QED) is 0.0367. The molecule has 1 aliphatic carbocycles. The summed E-state index contributed by atoms with van der Waals surface area (Å²) in [5, 5.41) is 11.1. The van der Waals surface area contributed by atoms with Crippen molar-refractivity contribution in [2.45, 2.75) is 104 Å². The number of aryl methyl sites for hydroxylation is 1. The Balaban J connectivity index is 1.37. The number of anilines is 2. The van der Waals surface area contributed by atoms with Gasteiger partial charge in [0, 0.05) is 50.8 Å². The lowest BCUT2D eigenvalue weighted by molar-refractivity contribution is -0.130. The Bertz CT molecular complexity index is 2440. The molecule has 4 amide bonds. The zero-order chi connectivity index (χ0) is 47.6. The third-order valence-corrected chi connectivity index (χ3v) is 12.9. The second-order valence-corrected chi connectivity index (χ2v) is 24.3. The summed E-state index contributed by atoms with van der Waals surface area (Å²) in [5.41, 5.74) is 2.57. The predicted octanol–water partition coefficient (Wildman–Crippen LogP) is 8.39. The summed E-state index contributed by atoms with van der Waals surface area (Å²) < 4.78 is 37.6. The number of hydrogen-bond donors (Lipinski definition) is 4. The Labute approximate surface area is 380 Å². The molecule has 1 heterocycles. The highest BCUT2D eigenvalue weighted by molar-refractivity contribution is 6.76. The Morgan fingerprint density at radius 1 is 0.892 bits per heavy atom. The molecule has 0 unspecified atom stereocenters. The molecule has 5 rings (SSSR count). The lowest BCUT2D eigenvalue weighted by Crippen LogP contribution is -2.48. The summed E-state index contributed by atoms with van der Waals surface area (Å²) in [6, 6.07) is 14.8. The van der Waals surface area contributed by atoms with Crippen LogP contribution in [0, 0.1) is 24.6 Å². The van der Waals surface area contributed by atoms with Gasteiger partial charge in [-0.2, -0.15) is 0 Å². The maximum absolute atomic E-state index is 14.9. The van der Waals surface area contributed by atoms with Crippen molar-refractivity contribution in [1.82, 2.24) is 15.2 Å². The first-order valence-electron chi connectivity index (χ1n) is 21.8. The summed E-state index contributed by atoms with van der Waals surface area (Å²) >= 11 is 0. The van der Waals surface area contributed by atoms with Gasteiger partial charge >= 0.3 is 18.2 Å². The van der Waals surface area contributed by atoms with Gasteiger partial charge < -0.3 is 39.5 Å². The normalized spacial score (nSPS) is 15.7. The number of nitrogens with zero attached hydrogens (tertiary/aromatic N) is 1. The van der Waals surface area contributed by atoms with Crippen LogP contribution in [0.2, 0.25) is 25.7 Å². The number of esters is 1. The number of methoxy groups -OCH3 is 2. The van der Waals surface area contributed by atoms with Crippen LogP contribution in [0.25, 0.3) is 22.0 Å². The van der Waals surface area contributed by atoms with E-state index in [4.69, 9.17) is 14.2 Å². The molecule has 65 heavy (non-hydrogen) atoms. The molecule has 15 nitrogen and oxygen atoms in total. The number of aromatic nitrogens is 1. The molecule has 1 saturated carbocycles. The average Bonchev–Trinajstić information content (AvgIpc) is 3.25. The Morgan fingerprint density at radius 2 is 1.58 bits per heavy atom. The van der Waals surface area contributed by atoms with Gasteiger partial charge in [0.1, 0.15) is 29.8 Å². The van der Waals surface area contributed by atoms with Crippen molar-refractivity contribution in [2.75, 3.05) is 38.0 Å². The standard InChI is InChI=1S/C48H62FN5O10Si/c1-29-22-36-41(54(28-63-20-21-65(7,8)9)27-37(42(36)55)45(58)61-5)25-35(29)32-14-10-30(11-15-32)23-40(44(57)51-34-18-19-39(38(49)24-34)53-47(60)62-6)52-43(56)33-16-12-31(13-17-33)26-50-46(59)64-48(2,3)4/h10-11,14-15,18-19,22,24-25,27,31,33,40H,12-13,16-17,20-21,23,26,28H2,1-9H3,(H,50,59)(H,51,57)(H,52,56)(H,53,60)/t31-,33-,40-/m0/s1. The predicted molar refractivity (Wildman–Crippen MR) is 250 cm³/mol. The van der Waals surface area contributed by atoms with E-state index in [0.717, 1.165) is 41.5 Å². The van der Waals surface area contributed by atoms with Gasteiger partial charge in [-0.3, -0.25) is 19.7 Å². The number of carbonyl (C=O) groups excluding carboxylic acids is 5. The topological polar surface area (TPSA) is 192 Å². The van der Waals surface area contributed by atoms with Gasteiger partial charge in [0.25, 0.3) is 0 Å². The number of halogens is 1. The number of carbonyl (C=O) groups is 5. The van der Waals surface area contributed by atoms with Crippen LogP contribution in [0.15, 0.2) is 65.6 Å². The van der Waals surface area contributed by atoms with Gasteiger partial charge in [0.2, 0.25) is 17.2 Å². The summed E-state index contributed by atoms with van der Waals surface area (Å²) in [4.78, 5) is 77.8. The van der Waals surface area contributed by atoms with E-state index in [0.29, 0.717) is 49.7 Å². The van der Waals surface area contributed by atoms with Crippen molar-refractivity contribution >= 4 is 60.3 Å². The highest BCUT2D eigenvalue weighted by Crippen LogP contribution is 2.31. The third kappa shape index (κ3) is 14.2. The molecular formula is C48H62FN5O10Si. The van der Waals surface area contributed by atoms with Crippen molar-refractivity contribution in [2.24, 2.45) is 11.8 Å². The molecule has 4 N–H and O–H groups in total. The molecule has 1 aliphatic rings. The molecule has 0 radical (unpaired) electrons. The fourth-order valence-corrected chi connectivity index (χ4v) is 8.33. The van der Waals surface area contributed by atoms with Crippen LogP contribution < -0.4 is 26.7 Å². The first-order chi connectivity index (χ1) is 30.6. The van der Waals surface area contributed by atoms with Gasteiger partial charge in [0.15, 0.2) is 0 Å². The minimum atomic E-state index is -1.38. The molecule has 0 aliphatic heterocycles. The molecule has 17 heteroatoms. The second kappa shape index (κ2) is 21.7. The number of alkyl carbamates (subject to hydrolysis) is 1. The summed E-state index contributed by atoms with van der Waals surface area (Å²) in [6.07, 6.45) is 2.73. The fraction of sp³-hybridized carbons (Fsp3) is 0.458. The van der Waals surface area contributed by atoms with Crippen LogP contribution >= 0.6 is 0 Å². The molecule has 1 atom stereocenters. The fourth-order valence-electron chi connectivity index (χ4n) is 7.57. The van der Waals surface area contributed by atoms with Crippen LogP contribution in [-0.4, -0.2) is 81.6 Å². The van der Waals surface area contributed by atoms with Crippen molar-refractivity contribution < 1.29 is 47.3 Å². The van der Waals surface area contributed by atoms with E-state index in [9.17, 15) is 33.2 Å². The van der Waals surface area contributed by atoms with E-state index in [1.165, 1.54) is 25.4 Å². The third-order valence-electron chi connectivity index (χ3n) is 11.2. The Hall–Kier alpha value is -6.07. The van der Waals surface area contributed by atoms with Crippen LogP contribution in [0.5, 0.6) is 0 Å². The van der Waals surface area contributed by atoms with Gasteiger partial charge in [-0.05, 0) is 118 Å². The van der Waals surface area contributed by atoms with E-state index in [2.05, 4.69) is 45.6 Å². The molecule has 0 spiro atoms. The number of pyridine rings is 1. The molecule has 350 valence electrons. The van der Waals surface area contributed by atoms with E-state index in [-0.39, 0.29) is 47.8 Å². The van der Waals surface area contributed by atoms with Crippen molar-refractivity contribution in [3.63, 3.8) is 0 Å². The highest BCUT2D eigenvalue weighted by Gasteiger charge is 2.31. The lowest BCUT2D eigenvalue weighted by atomic mass is 9.81. The number of ether oxygens (including phenoxy) is 4. The maximum Gasteiger partial charge on any atom is 0.411 e.